The smallest absolute Gasteiger partial charge is 0.243 e. The Morgan fingerprint density at radius 3 is 2.32 bits per heavy atom. The zero-order chi connectivity index (χ0) is 13.6. The Morgan fingerprint density at radius 2 is 1.79 bits per heavy atom. The number of carbonyl (C=O) groups excluding carboxylic acids is 1. The molecule has 1 N–H and O–H groups in total. The van der Waals surface area contributed by atoms with E-state index in [1.54, 1.807) is 28.6 Å². The molecule has 1 aromatic carbocycles. The molecule has 2 atom stereocenters. The van der Waals surface area contributed by atoms with Crippen LogP contribution in [-0.2, 0) is 14.8 Å². The normalized spacial score (nSPS) is 25.9. The SMILES string of the molecule is CC(=O)Nc1ccc(S(=O)(=O)N2CC3CC3C2)cc1. The van der Waals surface area contributed by atoms with E-state index in [1.165, 1.54) is 13.3 Å². The molecule has 5 nitrogen and oxygen atoms in total. The maximum absolute atomic E-state index is 12.4. The van der Waals surface area contributed by atoms with Crippen molar-refractivity contribution in [3.05, 3.63) is 24.3 Å². The Balaban J connectivity index is 1.79. The van der Waals surface area contributed by atoms with Crippen molar-refractivity contribution in [3.8, 4) is 0 Å². The lowest BCUT2D eigenvalue weighted by Gasteiger charge is -2.17. The van der Waals surface area contributed by atoms with Crippen LogP contribution >= 0.6 is 0 Å². The molecule has 3 rings (SSSR count). The van der Waals surface area contributed by atoms with Crippen LogP contribution in [0.25, 0.3) is 0 Å². The van der Waals surface area contributed by atoms with E-state index >= 15 is 0 Å². The molecule has 0 bridgehead atoms. The average molecular weight is 280 g/mol. The number of nitrogens with zero attached hydrogens (tertiary/aromatic N) is 1. The largest absolute Gasteiger partial charge is 0.326 e. The summed E-state index contributed by atoms with van der Waals surface area (Å²) < 4.78 is 26.3. The number of rotatable bonds is 3. The maximum atomic E-state index is 12.4. The number of sulfonamides is 1. The standard InChI is InChI=1S/C13H16N2O3S/c1-9(16)14-12-2-4-13(5-3-12)19(17,18)15-7-10-6-11(10)8-15/h2-5,10-11H,6-8H2,1H3,(H,14,16). The van der Waals surface area contributed by atoms with Gasteiger partial charge in [-0.15, -0.1) is 0 Å². The topological polar surface area (TPSA) is 66.5 Å². The van der Waals surface area contributed by atoms with Crippen molar-refractivity contribution in [3.63, 3.8) is 0 Å². The van der Waals surface area contributed by atoms with Crippen molar-refractivity contribution in [1.82, 2.24) is 4.31 Å². The number of hydrogen-bond donors (Lipinski definition) is 1. The molecule has 0 spiro atoms. The molecular formula is C13H16N2O3S. The molecule has 19 heavy (non-hydrogen) atoms. The summed E-state index contributed by atoms with van der Waals surface area (Å²) in [5.74, 6) is 0.983. The molecule has 1 aliphatic heterocycles. The first kappa shape index (κ1) is 12.6. The van der Waals surface area contributed by atoms with Crippen LogP contribution in [0.15, 0.2) is 29.2 Å². The summed E-state index contributed by atoms with van der Waals surface area (Å²) in [4.78, 5) is 11.2. The molecule has 0 radical (unpaired) electrons. The van der Waals surface area contributed by atoms with Gasteiger partial charge in [-0.25, -0.2) is 8.42 Å². The van der Waals surface area contributed by atoms with Crippen molar-refractivity contribution in [1.29, 1.82) is 0 Å². The second-order valence-corrected chi connectivity index (χ2v) is 7.22. The van der Waals surface area contributed by atoms with Crippen LogP contribution < -0.4 is 5.32 Å². The highest BCUT2D eigenvalue weighted by Crippen LogP contribution is 2.46. The maximum Gasteiger partial charge on any atom is 0.243 e. The van der Waals surface area contributed by atoms with Gasteiger partial charge in [-0.05, 0) is 42.5 Å². The quantitative estimate of drug-likeness (QED) is 0.907. The minimum Gasteiger partial charge on any atom is -0.326 e. The van der Waals surface area contributed by atoms with E-state index in [1.807, 2.05) is 0 Å². The van der Waals surface area contributed by atoms with Crippen LogP contribution in [0.4, 0.5) is 5.69 Å². The van der Waals surface area contributed by atoms with Crippen molar-refractivity contribution in [2.24, 2.45) is 11.8 Å². The molecule has 1 saturated heterocycles. The molecule has 1 heterocycles. The number of anilines is 1. The highest BCUT2D eigenvalue weighted by atomic mass is 32.2. The zero-order valence-corrected chi connectivity index (χ0v) is 11.5. The number of nitrogens with one attached hydrogen (secondary N) is 1. The summed E-state index contributed by atoms with van der Waals surface area (Å²) in [5, 5.41) is 2.62. The Kier molecular flexibility index (Phi) is 2.87. The van der Waals surface area contributed by atoms with E-state index in [0.717, 1.165) is 0 Å². The van der Waals surface area contributed by atoms with E-state index in [0.29, 0.717) is 35.5 Å². The van der Waals surface area contributed by atoms with Gasteiger partial charge in [0.2, 0.25) is 15.9 Å². The highest BCUT2D eigenvalue weighted by Gasteiger charge is 2.48. The van der Waals surface area contributed by atoms with E-state index in [2.05, 4.69) is 5.32 Å². The van der Waals surface area contributed by atoms with Crippen LogP contribution in [0, 0.1) is 11.8 Å². The predicted octanol–water partition coefficient (Wildman–Crippen LogP) is 1.29. The molecule has 1 aromatic rings. The third kappa shape index (κ3) is 2.37. The van der Waals surface area contributed by atoms with Crippen LogP contribution in [-0.4, -0.2) is 31.7 Å². The predicted molar refractivity (Wildman–Crippen MR) is 71.1 cm³/mol. The fourth-order valence-corrected chi connectivity index (χ4v) is 4.17. The van der Waals surface area contributed by atoms with Crippen LogP contribution in [0.2, 0.25) is 0 Å². The molecule has 1 amide bonds. The lowest BCUT2D eigenvalue weighted by molar-refractivity contribution is -0.114. The first-order valence-electron chi connectivity index (χ1n) is 6.34. The van der Waals surface area contributed by atoms with Gasteiger partial charge in [0.05, 0.1) is 4.90 Å². The van der Waals surface area contributed by atoms with Crippen LogP contribution in [0.3, 0.4) is 0 Å². The number of carbonyl (C=O) groups is 1. The van der Waals surface area contributed by atoms with E-state index < -0.39 is 10.0 Å². The average Bonchev–Trinajstić information content (AvgIpc) is 2.96. The first-order chi connectivity index (χ1) is 8.96. The highest BCUT2D eigenvalue weighted by molar-refractivity contribution is 7.89. The van der Waals surface area contributed by atoms with Crippen molar-refractivity contribution in [2.75, 3.05) is 18.4 Å². The second-order valence-electron chi connectivity index (χ2n) is 5.28. The molecule has 1 saturated carbocycles. The molecule has 0 aromatic heterocycles. The Labute approximate surface area is 112 Å². The summed E-state index contributed by atoms with van der Waals surface area (Å²) in [7, 11) is -3.37. The van der Waals surface area contributed by atoms with Gasteiger partial charge in [0.1, 0.15) is 0 Å². The van der Waals surface area contributed by atoms with Gasteiger partial charge >= 0.3 is 0 Å². The number of piperidine rings is 1. The molecule has 6 heteroatoms. The monoisotopic (exact) mass is 280 g/mol. The summed E-state index contributed by atoms with van der Waals surface area (Å²) in [6.07, 6.45) is 1.17. The van der Waals surface area contributed by atoms with E-state index in [-0.39, 0.29) is 5.91 Å². The van der Waals surface area contributed by atoms with Gasteiger partial charge in [-0.2, -0.15) is 4.31 Å². The minimum atomic E-state index is -3.37. The fraction of sp³-hybridized carbons (Fsp3) is 0.462. The summed E-state index contributed by atoms with van der Waals surface area (Å²) in [5.41, 5.74) is 0.607. The molecular weight excluding hydrogens is 264 g/mol. The molecule has 2 aliphatic rings. The van der Waals surface area contributed by atoms with Crippen molar-refractivity contribution < 1.29 is 13.2 Å². The summed E-state index contributed by atoms with van der Waals surface area (Å²) >= 11 is 0. The number of hydrogen-bond acceptors (Lipinski definition) is 3. The summed E-state index contributed by atoms with van der Waals surface area (Å²) in [6.45, 7) is 2.72. The van der Waals surface area contributed by atoms with Gasteiger partial charge < -0.3 is 5.32 Å². The molecule has 102 valence electrons. The number of benzene rings is 1. The van der Waals surface area contributed by atoms with Gasteiger partial charge in [-0.1, -0.05) is 0 Å². The van der Waals surface area contributed by atoms with Crippen LogP contribution in [0.1, 0.15) is 13.3 Å². The van der Waals surface area contributed by atoms with Gasteiger partial charge in [0.25, 0.3) is 0 Å². The lowest BCUT2D eigenvalue weighted by atomic mass is 10.3. The molecule has 1 aliphatic carbocycles. The molecule has 2 unspecified atom stereocenters. The third-order valence-electron chi connectivity index (χ3n) is 3.76. The second kappa shape index (κ2) is 4.31. The Morgan fingerprint density at radius 1 is 1.21 bits per heavy atom. The van der Waals surface area contributed by atoms with Crippen molar-refractivity contribution in [2.45, 2.75) is 18.2 Å². The Bertz CT molecular complexity index is 599. The first-order valence-corrected chi connectivity index (χ1v) is 7.78. The van der Waals surface area contributed by atoms with Crippen molar-refractivity contribution >= 4 is 21.6 Å². The van der Waals surface area contributed by atoms with E-state index in [4.69, 9.17) is 0 Å². The Hall–Kier alpha value is -1.40. The van der Waals surface area contributed by atoms with Gasteiger partial charge in [0, 0.05) is 25.7 Å². The number of amides is 1. The molecule has 2 fully saturated rings. The van der Waals surface area contributed by atoms with Crippen LogP contribution in [0.5, 0.6) is 0 Å². The summed E-state index contributed by atoms with van der Waals surface area (Å²) in [6, 6.07) is 6.32. The number of fused-ring (bicyclic) bond motifs is 1. The van der Waals surface area contributed by atoms with Gasteiger partial charge in [0.15, 0.2) is 0 Å². The lowest BCUT2D eigenvalue weighted by Crippen LogP contribution is -2.30. The zero-order valence-electron chi connectivity index (χ0n) is 10.7. The fourth-order valence-electron chi connectivity index (χ4n) is 2.61. The minimum absolute atomic E-state index is 0.171. The van der Waals surface area contributed by atoms with E-state index in [9.17, 15) is 13.2 Å². The van der Waals surface area contributed by atoms with Gasteiger partial charge in [-0.3, -0.25) is 4.79 Å². The third-order valence-corrected chi connectivity index (χ3v) is 5.60.